The molecule has 0 radical (unpaired) electrons. The lowest BCUT2D eigenvalue weighted by Crippen LogP contribution is -2.14. The number of rotatable bonds is 7. The standard InChI is InChI=1S/C17H17NO5/c1-2-23-15-9-3-12(4-10-15)11-16(17(19)20)13-5-7-14(8-6-13)18(21)22/h3-10,16H,2,11H2,1H3,(H,19,20). The summed E-state index contributed by atoms with van der Waals surface area (Å²) in [7, 11) is 0. The van der Waals surface area contributed by atoms with E-state index in [1.54, 1.807) is 12.1 Å². The number of benzene rings is 2. The summed E-state index contributed by atoms with van der Waals surface area (Å²) in [5.41, 5.74) is 1.34. The maximum Gasteiger partial charge on any atom is 0.311 e. The van der Waals surface area contributed by atoms with Crippen molar-refractivity contribution in [2.75, 3.05) is 6.61 Å². The van der Waals surface area contributed by atoms with Crippen LogP contribution in [0.4, 0.5) is 5.69 Å². The van der Waals surface area contributed by atoms with Crippen LogP contribution in [0.1, 0.15) is 24.0 Å². The van der Waals surface area contributed by atoms with Crippen molar-refractivity contribution in [2.24, 2.45) is 0 Å². The minimum absolute atomic E-state index is 0.0565. The fourth-order valence-electron chi connectivity index (χ4n) is 2.30. The van der Waals surface area contributed by atoms with Gasteiger partial charge in [-0.25, -0.2) is 0 Å². The van der Waals surface area contributed by atoms with Crippen LogP contribution in [0.2, 0.25) is 0 Å². The van der Waals surface area contributed by atoms with Crippen molar-refractivity contribution in [1.82, 2.24) is 0 Å². The van der Waals surface area contributed by atoms with E-state index in [4.69, 9.17) is 4.74 Å². The number of non-ortho nitro benzene ring substituents is 1. The highest BCUT2D eigenvalue weighted by Gasteiger charge is 2.21. The van der Waals surface area contributed by atoms with Crippen LogP contribution in [-0.4, -0.2) is 22.6 Å². The summed E-state index contributed by atoms with van der Waals surface area (Å²) < 4.78 is 5.35. The third kappa shape index (κ3) is 4.29. The smallest absolute Gasteiger partial charge is 0.311 e. The van der Waals surface area contributed by atoms with Gasteiger partial charge in [-0.15, -0.1) is 0 Å². The van der Waals surface area contributed by atoms with Gasteiger partial charge in [0.1, 0.15) is 5.75 Å². The number of carbonyl (C=O) groups is 1. The summed E-state index contributed by atoms with van der Waals surface area (Å²) in [5.74, 6) is -0.986. The summed E-state index contributed by atoms with van der Waals surface area (Å²) in [6.45, 7) is 2.46. The van der Waals surface area contributed by atoms with Gasteiger partial charge in [0, 0.05) is 12.1 Å². The van der Waals surface area contributed by atoms with Gasteiger partial charge in [-0.2, -0.15) is 0 Å². The molecule has 2 rings (SSSR count). The highest BCUT2D eigenvalue weighted by atomic mass is 16.6. The maximum absolute atomic E-state index is 11.5. The van der Waals surface area contributed by atoms with Gasteiger partial charge < -0.3 is 9.84 Å². The van der Waals surface area contributed by atoms with E-state index in [1.165, 1.54) is 24.3 Å². The van der Waals surface area contributed by atoms with E-state index >= 15 is 0 Å². The lowest BCUT2D eigenvalue weighted by Gasteiger charge is -2.13. The largest absolute Gasteiger partial charge is 0.494 e. The number of carboxylic acids is 1. The Labute approximate surface area is 133 Å². The third-order valence-corrected chi connectivity index (χ3v) is 3.48. The first-order chi connectivity index (χ1) is 11.0. The molecule has 0 aliphatic carbocycles. The predicted molar refractivity (Wildman–Crippen MR) is 84.8 cm³/mol. The van der Waals surface area contributed by atoms with E-state index in [-0.39, 0.29) is 5.69 Å². The van der Waals surface area contributed by atoms with E-state index in [2.05, 4.69) is 0 Å². The molecule has 0 heterocycles. The second-order valence-electron chi connectivity index (χ2n) is 5.02. The van der Waals surface area contributed by atoms with Crippen molar-refractivity contribution < 1.29 is 19.6 Å². The Morgan fingerprint density at radius 3 is 2.26 bits per heavy atom. The summed E-state index contributed by atoms with van der Waals surface area (Å²) in [5, 5.41) is 20.1. The third-order valence-electron chi connectivity index (χ3n) is 3.48. The van der Waals surface area contributed by atoms with Gasteiger partial charge in [-0.3, -0.25) is 14.9 Å². The summed E-state index contributed by atoms with van der Waals surface area (Å²) >= 11 is 0. The van der Waals surface area contributed by atoms with Gasteiger partial charge in [0.25, 0.3) is 5.69 Å². The lowest BCUT2D eigenvalue weighted by molar-refractivity contribution is -0.384. The van der Waals surface area contributed by atoms with Crippen LogP contribution in [0.5, 0.6) is 5.75 Å². The highest BCUT2D eigenvalue weighted by Crippen LogP contribution is 2.24. The summed E-state index contributed by atoms with van der Waals surface area (Å²) in [6, 6.07) is 12.9. The van der Waals surface area contributed by atoms with Crippen molar-refractivity contribution in [3.8, 4) is 5.75 Å². The molecule has 0 aliphatic heterocycles. The fraction of sp³-hybridized carbons (Fsp3) is 0.235. The van der Waals surface area contributed by atoms with Gasteiger partial charge in [0.2, 0.25) is 0 Å². The lowest BCUT2D eigenvalue weighted by atomic mass is 9.92. The van der Waals surface area contributed by atoms with Crippen molar-refractivity contribution >= 4 is 11.7 Å². The zero-order valence-electron chi connectivity index (χ0n) is 12.6. The molecular formula is C17H17NO5. The predicted octanol–water partition coefficient (Wildman–Crippen LogP) is 3.40. The molecular weight excluding hydrogens is 298 g/mol. The molecule has 0 spiro atoms. The monoisotopic (exact) mass is 315 g/mol. The van der Waals surface area contributed by atoms with Crippen LogP contribution in [0.3, 0.4) is 0 Å². The van der Waals surface area contributed by atoms with Gasteiger partial charge >= 0.3 is 5.97 Å². The number of hydrogen-bond acceptors (Lipinski definition) is 4. The molecule has 6 heteroatoms. The second-order valence-corrected chi connectivity index (χ2v) is 5.02. The van der Waals surface area contributed by atoms with Crippen molar-refractivity contribution in [2.45, 2.75) is 19.3 Å². The molecule has 6 nitrogen and oxygen atoms in total. The van der Waals surface area contributed by atoms with Crippen molar-refractivity contribution in [3.63, 3.8) is 0 Å². The SMILES string of the molecule is CCOc1ccc(CC(C(=O)O)c2ccc([N+](=O)[O-])cc2)cc1. The van der Waals surface area contributed by atoms with Gasteiger partial charge in [0.15, 0.2) is 0 Å². The van der Waals surface area contributed by atoms with E-state index in [0.717, 1.165) is 11.3 Å². The quantitative estimate of drug-likeness (QED) is 0.624. The van der Waals surface area contributed by atoms with Crippen LogP contribution >= 0.6 is 0 Å². The molecule has 0 saturated carbocycles. The van der Waals surface area contributed by atoms with Crippen LogP contribution in [0.25, 0.3) is 0 Å². The molecule has 1 unspecified atom stereocenters. The van der Waals surface area contributed by atoms with Crippen LogP contribution < -0.4 is 4.74 Å². The minimum atomic E-state index is -0.965. The molecule has 0 aromatic heterocycles. The van der Waals surface area contributed by atoms with Crippen LogP contribution in [0.15, 0.2) is 48.5 Å². The Morgan fingerprint density at radius 2 is 1.78 bits per heavy atom. The molecule has 0 aliphatic rings. The van der Waals surface area contributed by atoms with E-state index in [0.29, 0.717) is 18.6 Å². The number of nitro groups is 1. The molecule has 0 bridgehead atoms. The average Bonchev–Trinajstić information content (AvgIpc) is 2.54. The number of nitro benzene ring substituents is 1. The molecule has 120 valence electrons. The van der Waals surface area contributed by atoms with Crippen LogP contribution in [-0.2, 0) is 11.2 Å². The summed E-state index contributed by atoms with van der Waals surface area (Å²) in [6.07, 6.45) is 0.305. The average molecular weight is 315 g/mol. The topological polar surface area (TPSA) is 89.7 Å². The first-order valence-corrected chi connectivity index (χ1v) is 7.20. The Kier molecular flexibility index (Phi) is 5.30. The zero-order valence-corrected chi connectivity index (χ0v) is 12.6. The number of aliphatic carboxylic acids is 1. The van der Waals surface area contributed by atoms with E-state index in [1.807, 2.05) is 19.1 Å². The van der Waals surface area contributed by atoms with E-state index in [9.17, 15) is 20.0 Å². The maximum atomic E-state index is 11.5. The molecule has 2 aromatic rings. The van der Waals surface area contributed by atoms with Gasteiger partial charge in [-0.1, -0.05) is 24.3 Å². The molecule has 2 aromatic carbocycles. The number of carboxylic acid groups (broad SMARTS) is 1. The fourth-order valence-corrected chi connectivity index (χ4v) is 2.30. The Balaban J connectivity index is 2.18. The molecule has 0 saturated heterocycles. The van der Waals surface area contributed by atoms with Crippen LogP contribution in [0, 0.1) is 10.1 Å². The highest BCUT2D eigenvalue weighted by molar-refractivity contribution is 5.76. The Morgan fingerprint density at radius 1 is 1.17 bits per heavy atom. The normalized spacial score (nSPS) is 11.7. The molecule has 23 heavy (non-hydrogen) atoms. The Hall–Kier alpha value is -2.89. The van der Waals surface area contributed by atoms with Crippen molar-refractivity contribution in [1.29, 1.82) is 0 Å². The zero-order chi connectivity index (χ0) is 16.8. The summed E-state index contributed by atoms with van der Waals surface area (Å²) in [4.78, 5) is 21.7. The molecule has 1 N–H and O–H groups in total. The molecule has 0 amide bonds. The van der Waals surface area contributed by atoms with Gasteiger partial charge in [-0.05, 0) is 36.6 Å². The first-order valence-electron chi connectivity index (χ1n) is 7.20. The number of ether oxygens (including phenoxy) is 1. The second kappa shape index (κ2) is 7.40. The number of hydrogen-bond donors (Lipinski definition) is 1. The first kappa shape index (κ1) is 16.5. The van der Waals surface area contributed by atoms with E-state index < -0.39 is 16.8 Å². The molecule has 1 atom stereocenters. The van der Waals surface area contributed by atoms with Crippen molar-refractivity contribution in [3.05, 3.63) is 69.8 Å². The Bertz CT molecular complexity index is 679. The number of nitrogens with zero attached hydrogens (tertiary/aromatic N) is 1. The van der Waals surface area contributed by atoms with Gasteiger partial charge in [0.05, 0.1) is 17.4 Å². The minimum Gasteiger partial charge on any atom is -0.494 e. The molecule has 0 fully saturated rings.